The molecule has 1 N–H and O–H groups in total. The molecule has 0 radical (unpaired) electrons. The smallest absolute Gasteiger partial charge is 0.225 e. The van der Waals surface area contributed by atoms with Gasteiger partial charge < -0.3 is 15.0 Å². The first-order chi connectivity index (χ1) is 13.1. The fraction of sp³-hybridized carbons (Fsp3) is 0.389. The van der Waals surface area contributed by atoms with Gasteiger partial charge >= 0.3 is 0 Å². The van der Waals surface area contributed by atoms with Crippen molar-refractivity contribution in [2.75, 3.05) is 30.4 Å². The van der Waals surface area contributed by atoms with Crippen LogP contribution in [0.5, 0.6) is 5.75 Å². The van der Waals surface area contributed by atoms with Crippen LogP contribution in [0.4, 0.5) is 11.9 Å². The van der Waals surface area contributed by atoms with E-state index in [2.05, 4.69) is 30.2 Å². The number of anilines is 2. The lowest BCUT2D eigenvalue weighted by Crippen LogP contribution is -2.27. The molecular formula is C18H21N7OS. The number of ether oxygens (including phenoxy) is 1. The molecule has 140 valence electrons. The number of nitrogens with zero attached hydrogens (tertiary/aromatic N) is 6. The van der Waals surface area contributed by atoms with Crippen molar-refractivity contribution in [2.45, 2.75) is 26.3 Å². The van der Waals surface area contributed by atoms with Crippen LogP contribution in [0.2, 0.25) is 0 Å². The van der Waals surface area contributed by atoms with E-state index in [0.29, 0.717) is 11.7 Å². The minimum atomic E-state index is 0.248. The van der Waals surface area contributed by atoms with Gasteiger partial charge in [0.05, 0.1) is 40.8 Å². The normalized spacial score (nSPS) is 16.6. The highest BCUT2D eigenvalue weighted by Gasteiger charge is 2.25. The second kappa shape index (κ2) is 7.43. The summed E-state index contributed by atoms with van der Waals surface area (Å²) in [4.78, 5) is 25.6. The zero-order chi connectivity index (χ0) is 18.8. The Morgan fingerprint density at radius 2 is 2.00 bits per heavy atom. The van der Waals surface area contributed by atoms with Gasteiger partial charge in [-0.05, 0) is 26.3 Å². The molecule has 0 bridgehead atoms. The van der Waals surface area contributed by atoms with E-state index in [-0.39, 0.29) is 6.04 Å². The maximum absolute atomic E-state index is 5.09. The van der Waals surface area contributed by atoms with E-state index in [1.165, 1.54) is 0 Å². The summed E-state index contributed by atoms with van der Waals surface area (Å²) in [7, 11) is 1.60. The molecule has 1 aliphatic heterocycles. The molecule has 9 heteroatoms. The molecule has 4 rings (SSSR count). The molecule has 27 heavy (non-hydrogen) atoms. The Hall–Kier alpha value is -2.81. The molecule has 1 aliphatic rings. The van der Waals surface area contributed by atoms with Gasteiger partial charge in [-0.2, -0.15) is 0 Å². The van der Waals surface area contributed by atoms with E-state index >= 15 is 0 Å². The van der Waals surface area contributed by atoms with Crippen LogP contribution in [0.15, 0.2) is 24.7 Å². The third-order valence-corrected chi connectivity index (χ3v) is 5.54. The fourth-order valence-electron chi connectivity index (χ4n) is 3.13. The van der Waals surface area contributed by atoms with E-state index < -0.39 is 0 Å². The first-order valence-electron chi connectivity index (χ1n) is 8.77. The molecule has 8 nitrogen and oxygen atoms in total. The van der Waals surface area contributed by atoms with E-state index in [1.54, 1.807) is 30.8 Å². The Labute approximate surface area is 161 Å². The summed E-state index contributed by atoms with van der Waals surface area (Å²) >= 11 is 1.66. The van der Waals surface area contributed by atoms with Crippen molar-refractivity contribution in [3.63, 3.8) is 0 Å². The van der Waals surface area contributed by atoms with Crippen LogP contribution >= 0.6 is 11.3 Å². The number of aromatic nitrogens is 5. The minimum absolute atomic E-state index is 0.248. The zero-order valence-electron chi connectivity index (χ0n) is 15.5. The standard InChI is InChI=1S/C18H21N7OS/c1-11-16(27-12(2)22-11)15-4-6-19-18(24-15)25-7-5-13(10-25)23-17-20-8-14(26-3)9-21-17/h4,6,8-9,13H,5,7,10H2,1-3H3,(H,20,21,23). The molecule has 0 spiro atoms. The van der Waals surface area contributed by atoms with Gasteiger partial charge in [0.15, 0.2) is 5.75 Å². The highest BCUT2D eigenvalue weighted by molar-refractivity contribution is 7.15. The van der Waals surface area contributed by atoms with Gasteiger partial charge in [-0.15, -0.1) is 11.3 Å². The van der Waals surface area contributed by atoms with Crippen LogP contribution in [0.1, 0.15) is 17.1 Å². The van der Waals surface area contributed by atoms with Crippen molar-refractivity contribution >= 4 is 23.2 Å². The summed E-state index contributed by atoms with van der Waals surface area (Å²) in [6.07, 6.45) is 6.11. The lowest BCUT2D eigenvalue weighted by Gasteiger charge is -2.17. The quantitative estimate of drug-likeness (QED) is 0.719. The van der Waals surface area contributed by atoms with Crippen LogP contribution < -0.4 is 15.0 Å². The fourth-order valence-corrected chi connectivity index (χ4v) is 4.02. The molecule has 1 saturated heterocycles. The number of hydrogen-bond acceptors (Lipinski definition) is 9. The van der Waals surface area contributed by atoms with Gasteiger partial charge in [0, 0.05) is 25.3 Å². The summed E-state index contributed by atoms with van der Waals surface area (Å²) in [5, 5.41) is 4.42. The molecule has 1 unspecified atom stereocenters. The molecule has 1 atom stereocenters. The second-order valence-electron chi connectivity index (χ2n) is 6.41. The van der Waals surface area contributed by atoms with Crippen LogP contribution in [0, 0.1) is 13.8 Å². The molecular weight excluding hydrogens is 362 g/mol. The number of hydrogen-bond donors (Lipinski definition) is 1. The number of aryl methyl sites for hydroxylation is 2. The van der Waals surface area contributed by atoms with E-state index in [0.717, 1.165) is 46.7 Å². The largest absolute Gasteiger partial charge is 0.494 e. The molecule has 0 aromatic carbocycles. The Morgan fingerprint density at radius 3 is 2.70 bits per heavy atom. The predicted octanol–water partition coefficient (Wildman–Crippen LogP) is 2.71. The first kappa shape index (κ1) is 17.6. The van der Waals surface area contributed by atoms with Crippen LogP contribution in [0.25, 0.3) is 10.6 Å². The molecule has 0 aliphatic carbocycles. The number of methoxy groups -OCH3 is 1. The highest BCUT2D eigenvalue weighted by Crippen LogP contribution is 2.29. The van der Waals surface area contributed by atoms with Crippen LogP contribution in [-0.2, 0) is 0 Å². The molecule has 3 aromatic rings. The average Bonchev–Trinajstić information content (AvgIpc) is 3.28. The summed E-state index contributed by atoms with van der Waals surface area (Å²) in [5.74, 6) is 2.00. The van der Waals surface area contributed by atoms with E-state index in [1.807, 2.05) is 26.1 Å². The Kier molecular flexibility index (Phi) is 4.85. The zero-order valence-corrected chi connectivity index (χ0v) is 16.3. The van der Waals surface area contributed by atoms with Crippen molar-refractivity contribution in [1.29, 1.82) is 0 Å². The maximum Gasteiger partial charge on any atom is 0.225 e. The Balaban J connectivity index is 1.45. The number of nitrogens with one attached hydrogen (secondary N) is 1. The summed E-state index contributed by atoms with van der Waals surface area (Å²) < 4.78 is 5.09. The van der Waals surface area contributed by atoms with Crippen molar-refractivity contribution in [3.05, 3.63) is 35.4 Å². The third kappa shape index (κ3) is 3.82. The topological polar surface area (TPSA) is 89.0 Å². The van der Waals surface area contributed by atoms with Crippen LogP contribution in [-0.4, -0.2) is 51.2 Å². The minimum Gasteiger partial charge on any atom is -0.494 e. The monoisotopic (exact) mass is 383 g/mol. The summed E-state index contributed by atoms with van der Waals surface area (Å²) in [6.45, 7) is 5.73. The predicted molar refractivity (Wildman–Crippen MR) is 105 cm³/mol. The Bertz CT molecular complexity index is 928. The average molecular weight is 383 g/mol. The van der Waals surface area contributed by atoms with Crippen LogP contribution in [0.3, 0.4) is 0 Å². The Morgan fingerprint density at radius 1 is 1.19 bits per heavy atom. The second-order valence-corrected chi connectivity index (χ2v) is 7.61. The lowest BCUT2D eigenvalue weighted by molar-refractivity contribution is 0.411. The van der Waals surface area contributed by atoms with E-state index in [9.17, 15) is 0 Å². The van der Waals surface area contributed by atoms with Gasteiger partial charge in [0.2, 0.25) is 11.9 Å². The van der Waals surface area contributed by atoms with Crippen molar-refractivity contribution in [2.24, 2.45) is 0 Å². The molecule has 4 heterocycles. The van der Waals surface area contributed by atoms with Crippen molar-refractivity contribution < 1.29 is 4.74 Å². The maximum atomic E-state index is 5.09. The molecule has 0 amide bonds. The third-order valence-electron chi connectivity index (χ3n) is 4.45. The van der Waals surface area contributed by atoms with E-state index in [4.69, 9.17) is 9.72 Å². The summed E-state index contributed by atoms with van der Waals surface area (Å²) in [5.41, 5.74) is 1.94. The SMILES string of the molecule is COc1cnc(NC2CCN(c3nccc(-c4sc(C)nc4C)n3)C2)nc1. The van der Waals surface area contributed by atoms with Gasteiger partial charge in [-0.1, -0.05) is 0 Å². The molecule has 3 aromatic heterocycles. The number of rotatable bonds is 5. The lowest BCUT2D eigenvalue weighted by atomic mass is 10.3. The van der Waals surface area contributed by atoms with Gasteiger partial charge in [-0.25, -0.2) is 24.9 Å². The van der Waals surface area contributed by atoms with Gasteiger partial charge in [-0.3, -0.25) is 0 Å². The summed E-state index contributed by atoms with van der Waals surface area (Å²) in [6, 6.07) is 2.19. The first-order valence-corrected chi connectivity index (χ1v) is 9.59. The van der Waals surface area contributed by atoms with Gasteiger partial charge in [0.25, 0.3) is 0 Å². The molecule has 0 saturated carbocycles. The highest BCUT2D eigenvalue weighted by atomic mass is 32.1. The van der Waals surface area contributed by atoms with Gasteiger partial charge in [0.1, 0.15) is 0 Å². The van der Waals surface area contributed by atoms with Crippen molar-refractivity contribution in [3.8, 4) is 16.3 Å². The van der Waals surface area contributed by atoms with Crippen molar-refractivity contribution in [1.82, 2.24) is 24.9 Å². The number of thiazole rings is 1. The molecule has 1 fully saturated rings.